The molecule has 1 fully saturated rings. The first kappa shape index (κ1) is 20.1. The third-order valence-electron chi connectivity index (χ3n) is 4.31. The quantitative estimate of drug-likeness (QED) is 0.500. The van der Waals surface area contributed by atoms with Crippen molar-refractivity contribution in [3.63, 3.8) is 0 Å². The molecule has 0 amide bonds. The van der Waals surface area contributed by atoms with E-state index in [0.717, 1.165) is 5.69 Å². The monoisotopic (exact) mass is 416 g/mol. The number of halogens is 4. The lowest BCUT2D eigenvalue weighted by Gasteiger charge is -2.21. The number of nitro benzene ring substituents is 1. The van der Waals surface area contributed by atoms with Gasteiger partial charge in [0.2, 0.25) is 0 Å². The van der Waals surface area contributed by atoms with Gasteiger partial charge in [0.25, 0.3) is 5.69 Å². The van der Waals surface area contributed by atoms with E-state index in [1.807, 2.05) is 4.90 Å². The molecule has 0 bridgehead atoms. The summed E-state index contributed by atoms with van der Waals surface area (Å²) >= 11 is 6.05. The van der Waals surface area contributed by atoms with E-state index in [0.29, 0.717) is 30.8 Å². The molecule has 0 saturated carbocycles. The number of alkyl halides is 3. The van der Waals surface area contributed by atoms with Crippen molar-refractivity contribution in [2.24, 2.45) is 0 Å². The van der Waals surface area contributed by atoms with E-state index in [-0.39, 0.29) is 22.6 Å². The SMILES string of the molecule is Cc1cc(N2CC[C@H](Oc3ccc([N+](=O)[O-])cc3Cl)C2)ccc1OC(F)(F)F. The zero-order valence-electron chi connectivity index (χ0n) is 14.7. The van der Waals surface area contributed by atoms with Crippen LogP contribution in [0.2, 0.25) is 5.02 Å². The number of benzene rings is 2. The molecule has 2 aromatic rings. The van der Waals surface area contributed by atoms with Gasteiger partial charge >= 0.3 is 6.36 Å². The Labute approximate surface area is 163 Å². The molecule has 1 heterocycles. The molecule has 1 saturated heterocycles. The molecule has 0 aliphatic carbocycles. The van der Waals surface area contributed by atoms with Gasteiger partial charge in [-0.15, -0.1) is 13.2 Å². The van der Waals surface area contributed by atoms with Crippen LogP contribution in [-0.2, 0) is 0 Å². The lowest BCUT2D eigenvalue weighted by Crippen LogP contribution is -2.24. The van der Waals surface area contributed by atoms with Crippen molar-refractivity contribution in [3.05, 3.63) is 57.1 Å². The lowest BCUT2D eigenvalue weighted by atomic mass is 10.2. The average Bonchev–Trinajstić information content (AvgIpc) is 3.06. The van der Waals surface area contributed by atoms with Gasteiger partial charge in [0.1, 0.15) is 17.6 Å². The largest absolute Gasteiger partial charge is 0.573 e. The maximum Gasteiger partial charge on any atom is 0.573 e. The highest BCUT2D eigenvalue weighted by Gasteiger charge is 2.32. The molecule has 1 aliphatic rings. The molecule has 28 heavy (non-hydrogen) atoms. The Morgan fingerprint density at radius 2 is 1.93 bits per heavy atom. The van der Waals surface area contributed by atoms with E-state index in [1.54, 1.807) is 19.1 Å². The second kappa shape index (κ2) is 7.75. The Kier molecular flexibility index (Phi) is 5.55. The van der Waals surface area contributed by atoms with Crippen molar-refractivity contribution in [1.82, 2.24) is 0 Å². The van der Waals surface area contributed by atoms with Crippen LogP contribution in [0, 0.1) is 17.0 Å². The molecule has 0 aromatic heterocycles. The van der Waals surface area contributed by atoms with Crippen molar-refractivity contribution >= 4 is 23.0 Å². The van der Waals surface area contributed by atoms with Gasteiger partial charge in [-0.25, -0.2) is 0 Å². The maximum atomic E-state index is 12.4. The van der Waals surface area contributed by atoms with E-state index in [2.05, 4.69) is 4.74 Å². The first-order valence-electron chi connectivity index (χ1n) is 8.34. The van der Waals surface area contributed by atoms with E-state index in [4.69, 9.17) is 16.3 Å². The number of nitro groups is 1. The molecule has 10 heteroatoms. The summed E-state index contributed by atoms with van der Waals surface area (Å²) in [6.45, 7) is 2.70. The average molecular weight is 417 g/mol. The Bertz CT molecular complexity index is 892. The molecule has 1 atom stereocenters. The number of anilines is 1. The molecule has 150 valence electrons. The highest BCUT2D eigenvalue weighted by molar-refractivity contribution is 6.32. The van der Waals surface area contributed by atoms with Crippen LogP contribution in [0.15, 0.2) is 36.4 Å². The molecule has 0 unspecified atom stereocenters. The predicted octanol–water partition coefficient (Wildman–Crippen LogP) is 5.11. The van der Waals surface area contributed by atoms with Gasteiger partial charge in [-0.05, 0) is 36.8 Å². The number of hydrogen-bond acceptors (Lipinski definition) is 5. The smallest absolute Gasteiger partial charge is 0.487 e. The van der Waals surface area contributed by atoms with Crippen LogP contribution in [0.25, 0.3) is 0 Å². The van der Waals surface area contributed by atoms with E-state index in [1.165, 1.54) is 24.3 Å². The fraction of sp³-hybridized carbons (Fsp3) is 0.333. The lowest BCUT2D eigenvalue weighted by molar-refractivity contribution is -0.384. The van der Waals surface area contributed by atoms with Gasteiger partial charge in [0.05, 0.1) is 16.5 Å². The Balaban J connectivity index is 1.65. The molecule has 6 nitrogen and oxygen atoms in total. The Hall–Kier alpha value is -2.68. The zero-order chi connectivity index (χ0) is 20.5. The van der Waals surface area contributed by atoms with Gasteiger partial charge in [-0.3, -0.25) is 10.1 Å². The summed E-state index contributed by atoms with van der Waals surface area (Å²) in [7, 11) is 0. The first-order chi connectivity index (χ1) is 13.1. The first-order valence-corrected chi connectivity index (χ1v) is 8.72. The second-order valence-electron chi connectivity index (χ2n) is 6.34. The fourth-order valence-corrected chi connectivity index (χ4v) is 3.23. The van der Waals surface area contributed by atoms with Crippen LogP contribution in [0.4, 0.5) is 24.5 Å². The molecule has 0 radical (unpaired) electrons. The number of hydrogen-bond donors (Lipinski definition) is 0. The Morgan fingerprint density at radius 1 is 1.21 bits per heavy atom. The molecule has 3 rings (SSSR count). The number of ether oxygens (including phenoxy) is 2. The fourth-order valence-electron chi connectivity index (χ4n) is 3.01. The maximum absolute atomic E-state index is 12.4. The van der Waals surface area contributed by atoms with Crippen LogP contribution in [0.5, 0.6) is 11.5 Å². The summed E-state index contributed by atoms with van der Waals surface area (Å²) in [6.07, 6.45) is -4.26. The van der Waals surface area contributed by atoms with Crippen molar-refractivity contribution in [2.75, 3.05) is 18.0 Å². The summed E-state index contributed by atoms with van der Waals surface area (Å²) in [5.41, 5.74) is 1.01. The van der Waals surface area contributed by atoms with Crippen LogP contribution < -0.4 is 14.4 Å². The second-order valence-corrected chi connectivity index (χ2v) is 6.75. The molecule has 2 aromatic carbocycles. The summed E-state index contributed by atoms with van der Waals surface area (Å²) in [6, 6.07) is 8.48. The minimum absolute atomic E-state index is 0.123. The summed E-state index contributed by atoms with van der Waals surface area (Å²) in [5, 5.41) is 10.9. The van der Waals surface area contributed by atoms with Gasteiger partial charge in [-0.2, -0.15) is 0 Å². The van der Waals surface area contributed by atoms with Crippen molar-refractivity contribution in [1.29, 1.82) is 0 Å². The van der Waals surface area contributed by atoms with E-state index < -0.39 is 11.3 Å². The predicted molar refractivity (Wildman–Crippen MR) is 97.2 cm³/mol. The van der Waals surface area contributed by atoms with Crippen LogP contribution in [-0.4, -0.2) is 30.5 Å². The minimum atomic E-state index is -4.73. The Morgan fingerprint density at radius 3 is 2.54 bits per heavy atom. The van der Waals surface area contributed by atoms with Gasteiger partial charge in [-0.1, -0.05) is 11.6 Å². The van der Waals surface area contributed by atoms with Crippen molar-refractivity contribution < 1.29 is 27.6 Å². The number of nitrogens with zero attached hydrogens (tertiary/aromatic N) is 2. The molecule has 0 spiro atoms. The summed E-state index contributed by atoms with van der Waals surface area (Å²) in [5.74, 6) is 0.116. The topological polar surface area (TPSA) is 64.8 Å². The van der Waals surface area contributed by atoms with Gasteiger partial charge < -0.3 is 14.4 Å². The van der Waals surface area contributed by atoms with Crippen molar-refractivity contribution in [2.45, 2.75) is 25.8 Å². The molecule has 0 N–H and O–H groups in total. The van der Waals surface area contributed by atoms with Crippen LogP contribution >= 0.6 is 11.6 Å². The highest BCUT2D eigenvalue weighted by atomic mass is 35.5. The van der Waals surface area contributed by atoms with Crippen LogP contribution in [0.1, 0.15) is 12.0 Å². The highest BCUT2D eigenvalue weighted by Crippen LogP contribution is 2.33. The summed E-state index contributed by atoms with van der Waals surface area (Å²) in [4.78, 5) is 12.2. The number of rotatable bonds is 5. The van der Waals surface area contributed by atoms with Crippen molar-refractivity contribution in [3.8, 4) is 11.5 Å². The third kappa shape index (κ3) is 4.78. The van der Waals surface area contributed by atoms with E-state index >= 15 is 0 Å². The van der Waals surface area contributed by atoms with E-state index in [9.17, 15) is 23.3 Å². The third-order valence-corrected chi connectivity index (χ3v) is 4.61. The molecule has 1 aliphatic heterocycles. The van der Waals surface area contributed by atoms with Gasteiger partial charge in [0.15, 0.2) is 0 Å². The zero-order valence-corrected chi connectivity index (χ0v) is 15.5. The minimum Gasteiger partial charge on any atom is -0.487 e. The standard InChI is InChI=1S/C18H16ClF3N2O4/c1-11-8-12(2-4-16(11)28-18(20,21)22)23-7-6-14(10-23)27-17-5-3-13(24(25)26)9-15(17)19/h2-5,8-9,14H,6-7,10H2,1H3/t14-/m0/s1. The van der Waals surface area contributed by atoms with Crippen LogP contribution in [0.3, 0.4) is 0 Å². The molecular formula is C18H16ClF3N2O4. The number of non-ortho nitro benzene ring substituents is 1. The summed E-state index contributed by atoms with van der Waals surface area (Å²) < 4.78 is 47.0. The molecular weight excluding hydrogens is 401 g/mol. The van der Waals surface area contributed by atoms with Gasteiger partial charge in [0, 0.05) is 30.8 Å². The normalized spacial score (nSPS) is 16.9. The number of aryl methyl sites for hydroxylation is 1.